The molecule has 0 spiro atoms. The molecule has 0 radical (unpaired) electrons. The maximum Gasteiger partial charge on any atom is 0.324 e. The van der Waals surface area contributed by atoms with Crippen LogP contribution in [0.5, 0.6) is 0 Å². The SMILES string of the molecule is CC(C)C1CCCN1C(=O)NC(=O)CC(C)(C)CC(=O)O. The van der Waals surface area contributed by atoms with E-state index in [9.17, 15) is 14.4 Å². The van der Waals surface area contributed by atoms with Gasteiger partial charge in [0.25, 0.3) is 0 Å². The molecule has 0 aromatic carbocycles. The molecule has 1 unspecified atom stereocenters. The highest BCUT2D eigenvalue weighted by molar-refractivity contribution is 5.95. The third-order valence-corrected chi connectivity index (χ3v) is 3.84. The number of carbonyl (C=O) groups is 3. The number of carboxylic acids is 1. The Bertz CT molecular complexity index is 418. The Morgan fingerprint density at radius 1 is 1.29 bits per heavy atom. The van der Waals surface area contributed by atoms with Crippen LogP contribution < -0.4 is 5.32 Å². The van der Waals surface area contributed by atoms with Crippen LogP contribution in [0.4, 0.5) is 4.79 Å². The molecule has 1 atom stereocenters. The molecule has 1 aliphatic rings. The molecule has 120 valence electrons. The third kappa shape index (κ3) is 5.36. The lowest BCUT2D eigenvalue weighted by Crippen LogP contribution is -2.47. The zero-order valence-electron chi connectivity index (χ0n) is 13.3. The van der Waals surface area contributed by atoms with Crippen molar-refractivity contribution in [1.29, 1.82) is 0 Å². The number of carboxylic acid groups (broad SMARTS) is 1. The highest BCUT2D eigenvalue weighted by Crippen LogP contribution is 2.26. The second-order valence-electron chi connectivity index (χ2n) is 6.91. The van der Waals surface area contributed by atoms with E-state index < -0.39 is 17.3 Å². The fourth-order valence-electron chi connectivity index (χ4n) is 2.88. The molecule has 1 saturated heterocycles. The Morgan fingerprint density at radius 3 is 2.43 bits per heavy atom. The van der Waals surface area contributed by atoms with Gasteiger partial charge < -0.3 is 10.0 Å². The van der Waals surface area contributed by atoms with Crippen molar-refractivity contribution >= 4 is 17.9 Å². The van der Waals surface area contributed by atoms with Gasteiger partial charge in [-0.3, -0.25) is 14.9 Å². The lowest BCUT2D eigenvalue weighted by Gasteiger charge is -2.28. The van der Waals surface area contributed by atoms with Crippen molar-refractivity contribution in [3.8, 4) is 0 Å². The summed E-state index contributed by atoms with van der Waals surface area (Å²) in [5.74, 6) is -1.00. The quantitative estimate of drug-likeness (QED) is 0.815. The fourth-order valence-corrected chi connectivity index (χ4v) is 2.88. The first-order chi connectivity index (χ1) is 9.62. The highest BCUT2D eigenvalue weighted by Gasteiger charge is 2.32. The lowest BCUT2D eigenvalue weighted by molar-refractivity contribution is -0.139. The van der Waals surface area contributed by atoms with Crippen LogP contribution in [0.3, 0.4) is 0 Å². The van der Waals surface area contributed by atoms with Gasteiger partial charge in [0, 0.05) is 19.0 Å². The Labute approximate surface area is 125 Å². The molecule has 2 N–H and O–H groups in total. The van der Waals surface area contributed by atoms with Gasteiger partial charge in [0.1, 0.15) is 0 Å². The van der Waals surface area contributed by atoms with Crippen LogP contribution in [0.25, 0.3) is 0 Å². The largest absolute Gasteiger partial charge is 0.481 e. The molecule has 0 saturated carbocycles. The first-order valence-corrected chi connectivity index (χ1v) is 7.44. The number of hydrogen-bond donors (Lipinski definition) is 2. The summed E-state index contributed by atoms with van der Waals surface area (Å²) in [7, 11) is 0. The van der Waals surface area contributed by atoms with Crippen molar-refractivity contribution in [3.63, 3.8) is 0 Å². The molecule has 0 aromatic rings. The highest BCUT2D eigenvalue weighted by atomic mass is 16.4. The predicted molar refractivity (Wildman–Crippen MR) is 78.8 cm³/mol. The van der Waals surface area contributed by atoms with Crippen LogP contribution in [-0.4, -0.2) is 40.5 Å². The van der Waals surface area contributed by atoms with E-state index in [1.807, 2.05) is 0 Å². The van der Waals surface area contributed by atoms with Gasteiger partial charge in [-0.2, -0.15) is 0 Å². The number of nitrogens with one attached hydrogen (secondary N) is 1. The van der Waals surface area contributed by atoms with E-state index in [0.29, 0.717) is 12.5 Å². The monoisotopic (exact) mass is 298 g/mol. The van der Waals surface area contributed by atoms with Crippen LogP contribution in [0.2, 0.25) is 0 Å². The van der Waals surface area contributed by atoms with E-state index in [0.717, 1.165) is 12.8 Å². The molecule has 1 fully saturated rings. The van der Waals surface area contributed by atoms with Crippen LogP contribution in [0.15, 0.2) is 0 Å². The van der Waals surface area contributed by atoms with Gasteiger partial charge in [-0.25, -0.2) is 4.79 Å². The number of urea groups is 1. The first kappa shape index (κ1) is 17.5. The standard InChI is InChI=1S/C15H26N2O4/c1-10(2)11-6-5-7-17(11)14(21)16-12(18)8-15(3,4)9-13(19)20/h10-11H,5-9H2,1-4H3,(H,19,20)(H,16,18,21). The number of hydrogen-bond acceptors (Lipinski definition) is 3. The summed E-state index contributed by atoms with van der Waals surface area (Å²) in [6, 6.07) is -0.188. The van der Waals surface area contributed by atoms with E-state index >= 15 is 0 Å². The normalized spacial score (nSPS) is 18.9. The molecular weight excluding hydrogens is 272 g/mol. The van der Waals surface area contributed by atoms with Crippen molar-refractivity contribution in [3.05, 3.63) is 0 Å². The minimum Gasteiger partial charge on any atom is -0.481 e. The lowest BCUT2D eigenvalue weighted by atomic mass is 9.85. The Balaban J connectivity index is 2.54. The van der Waals surface area contributed by atoms with Gasteiger partial charge in [-0.1, -0.05) is 27.7 Å². The van der Waals surface area contributed by atoms with Crippen molar-refractivity contribution < 1.29 is 19.5 Å². The van der Waals surface area contributed by atoms with Crippen LogP contribution in [0.1, 0.15) is 53.4 Å². The van der Waals surface area contributed by atoms with Crippen molar-refractivity contribution in [2.24, 2.45) is 11.3 Å². The summed E-state index contributed by atoms with van der Waals surface area (Å²) in [6.07, 6.45) is 1.83. The van der Waals surface area contributed by atoms with Gasteiger partial charge in [0.15, 0.2) is 0 Å². The van der Waals surface area contributed by atoms with Crippen LogP contribution >= 0.6 is 0 Å². The summed E-state index contributed by atoms with van der Waals surface area (Å²) in [6.45, 7) is 8.21. The molecule has 0 aromatic heterocycles. The molecular formula is C15H26N2O4. The average Bonchev–Trinajstić information content (AvgIpc) is 2.73. The minimum absolute atomic E-state index is 0.0191. The molecule has 1 heterocycles. The molecule has 21 heavy (non-hydrogen) atoms. The van der Waals surface area contributed by atoms with Crippen LogP contribution in [-0.2, 0) is 9.59 Å². The van der Waals surface area contributed by atoms with Crippen molar-refractivity contribution in [2.45, 2.75) is 59.4 Å². The number of likely N-dealkylation sites (tertiary alicyclic amines) is 1. The Hall–Kier alpha value is -1.59. The van der Waals surface area contributed by atoms with Gasteiger partial charge in [-0.05, 0) is 24.2 Å². The van der Waals surface area contributed by atoms with E-state index in [4.69, 9.17) is 5.11 Å². The Kier molecular flexibility index (Phi) is 5.75. The molecule has 3 amide bonds. The molecule has 0 aliphatic carbocycles. The van der Waals surface area contributed by atoms with E-state index in [2.05, 4.69) is 19.2 Å². The van der Waals surface area contributed by atoms with Crippen molar-refractivity contribution in [2.75, 3.05) is 6.54 Å². The fraction of sp³-hybridized carbons (Fsp3) is 0.800. The van der Waals surface area contributed by atoms with Gasteiger partial charge >= 0.3 is 12.0 Å². The second-order valence-corrected chi connectivity index (χ2v) is 6.91. The van der Waals surface area contributed by atoms with E-state index in [1.54, 1.807) is 18.7 Å². The Morgan fingerprint density at radius 2 is 1.90 bits per heavy atom. The first-order valence-electron chi connectivity index (χ1n) is 7.44. The summed E-state index contributed by atoms with van der Waals surface area (Å²) in [5, 5.41) is 11.2. The molecule has 1 rings (SSSR count). The smallest absolute Gasteiger partial charge is 0.324 e. The van der Waals surface area contributed by atoms with Crippen LogP contribution in [0, 0.1) is 11.3 Å². The molecule has 6 heteroatoms. The van der Waals surface area contributed by atoms with Gasteiger partial charge in [0.2, 0.25) is 5.91 Å². The summed E-state index contributed by atoms with van der Waals surface area (Å²) >= 11 is 0. The maximum absolute atomic E-state index is 12.2. The number of imide groups is 1. The van der Waals surface area contributed by atoms with E-state index in [-0.39, 0.29) is 24.9 Å². The van der Waals surface area contributed by atoms with Gasteiger partial charge in [-0.15, -0.1) is 0 Å². The minimum atomic E-state index is -0.946. The maximum atomic E-state index is 12.2. The third-order valence-electron chi connectivity index (χ3n) is 3.84. The second kappa shape index (κ2) is 6.91. The topological polar surface area (TPSA) is 86.7 Å². The number of rotatable bonds is 5. The van der Waals surface area contributed by atoms with Gasteiger partial charge in [0.05, 0.1) is 6.42 Å². The number of amides is 3. The zero-order valence-corrected chi connectivity index (χ0v) is 13.3. The summed E-state index contributed by atoms with van der Waals surface area (Å²) in [5.41, 5.74) is -0.668. The number of carbonyl (C=O) groups excluding carboxylic acids is 2. The predicted octanol–water partition coefficient (Wildman–Crippen LogP) is 2.23. The molecule has 6 nitrogen and oxygen atoms in total. The van der Waals surface area contributed by atoms with Crippen molar-refractivity contribution in [1.82, 2.24) is 10.2 Å². The molecule has 0 bridgehead atoms. The summed E-state index contributed by atoms with van der Waals surface area (Å²) < 4.78 is 0. The van der Waals surface area contributed by atoms with E-state index in [1.165, 1.54) is 0 Å². The molecule has 1 aliphatic heterocycles. The average molecular weight is 298 g/mol. The number of nitrogens with zero attached hydrogens (tertiary/aromatic N) is 1. The number of aliphatic carboxylic acids is 1. The summed E-state index contributed by atoms with van der Waals surface area (Å²) in [4.78, 5) is 36.5. The zero-order chi connectivity index (χ0) is 16.2.